The summed E-state index contributed by atoms with van der Waals surface area (Å²) >= 11 is 1.61. The van der Waals surface area contributed by atoms with E-state index < -0.39 is 0 Å². The van der Waals surface area contributed by atoms with Gasteiger partial charge >= 0.3 is 0 Å². The van der Waals surface area contributed by atoms with Gasteiger partial charge in [-0.05, 0) is 44.1 Å². The molecule has 1 N–H and O–H groups in total. The molecule has 1 atom stereocenters. The summed E-state index contributed by atoms with van der Waals surface area (Å²) in [4.78, 5) is 21.2. The fraction of sp³-hybridized carbons (Fsp3) is 0.261. The number of nitrogens with one attached hydrogen (secondary N) is 1. The molecule has 0 radical (unpaired) electrons. The van der Waals surface area contributed by atoms with Crippen molar-refractivity contribution < 1.29 is 4.79 Å². The Bertz CT molecular complexity index is 1170. The molecule has 1 amide bonds. The molecule has 3 heterocycles. The Morgan fingerprint density at radius 3 is 2.63 bits per heavy atom. The van der Waals surface area contributed by atoms with Crippen molar-refractivity contribution in [1.29, 1.82) is 0 Å². The molecule has 154 valence electrons. The van der Waals surface area contributed by atoms with Gasteiger partial charge < -0.3 is 10.2 Å². The molecule has 4 aromatic rings. The Balaban J connectivity index is 1.69. The molecule has 0 aliphatic heterocycles. The van der Waals surface area contributed by atoms with Crippen molar-refractivity contribution in [2.24, 2.45) is 7.05 Å². The number of hydrogen-bond acceptors (Lipinski definition) is 5. The second kappa shape index (κ2) is 8.38. The number of nitrogens with zero attached hydrogens (tertiary/aromatic N) is 4. The number of fused-ring (bicyclic) bond motifs is 1. The lowest BCUT2D eigenvalue weighted by Crippen LogP contribution is -2.34. The van der Waals surface area contributed by atoms with Crippen molar-refractivity contribution in [3.05, 3.63) is 70.7 Å². The molecular formula is C23H25N5OS. The van der Waals surface area contributed by atoms with Gasteiger partial charge in [-0.3, -0.25) is 9.48 Å². The number of benzene rings is 1. The van der Waals surface area contributed by atoms with Crippen LogP contribution in [0.25, 0.3) is 21.6 Å². The molecule has 1 aromatic carbocycles. The maximum atomic E-state index is 13.3. The van der Waals surface area contributed by atoms with E-state index in [9.17, 15) is 4.79 Å². The lowest BCUT2D eigenvalue weighted by molar-refractivity contribution is 0.0943. The van der Waals surface area contributed by atoms with E-state index in [1.165, 1.54) is 5.56 Å². The van der Waals surface area contributed by atoms with Gasteiger partial charge in [0.2, 0.25) is 0 Å². The van der Waals surface area contributed by atoms with E-state index >= 15 is 0 Å². The van der Waals surface area contributed by atoms with Crippen LogP contribution in [-0.4, -0.2) is 46.2 Å². The maximum Gasteiger partial charge on any atom is 0.252 e. The molecule has 30 heavy (non-hydrogen) atoms. The Hall–Kier alpha value is -3.03. The third kappa shape index (κ3) is 3.86. The minimum Gasteiger partial charge on any atom is -0.350 e. The summed E-state index contributed by atoms with van der Waals surface area (Å²) in [5, 5.41) is 10.4. The predicted octanol–water partition coefficient (Wildman–Crippen LogP) is 4.04. The smallest absolute Gasteiger partial charge is 0.252 e. The lowest BCUT2D eigenvalue weighted by Gasteiger charge is -2.25. The van der Waals surface area contributed by atoms with E-state index in [4.69, 9.17) is 4.98 Å². The van der Waals surface area contributed by atoms with E-state index in [2.05, 4.69) is 27.4 Å². The highest BCUT2D eigenvalue weighted by atomic mass is 32.1. The summed E-state index contributed by atoms with van der Waals surface area (Å²) in [5.41, 5.74) is 4.09. The second-order valence-electron chi connectivity index (χ2n) is 7.54. The van der Waals surface area contributed by atoms with E-state index in [-0.39, 0.29) is 11.9 Å². The van der Waals surface area contributed by atoms with Gasteiger partial charge in [0.1, 0.15) is 0 Å². The Morgan fingerprint density at radius 2 is 1.97 bits per heavy atom. The highest BCUT2D eigenvalue weighted by molar-refractivity contribution is 7.13. The zero-order chi connectivity index (χ0) is 21.3. The van der Waals surface area contributed by atoms with Crippen molar-refractivity contribution in [3.8, 4) is 10.6 Å². The highest BCUT2D eigenvalue weighted by Gasteiger charge is 2.21. The predicted molar refractivity (Wildman–Crippen MR) is 122 cm³/mol. The van der Waals surface area contributed by atoms with Gasteiger partial charge in [-0.1, -0.05) is 36.4 Å². The fourth-order valence-corrected chi connectivity index (χ4v) is 4.42. The van der Waals surface area contributed by atoms with Crippen LogP contribution in [0.15, 0.2) is 53.9 Å². The Kier molecular flexibility index (Phi) is 5.65. The average Bonchev–Trinajstić information content (AvgIpc) is 3.37. The van der Waals surface area contributed by atoms with E-state index in [1.54, 1.807) is 16.0 Å². The molecule has 3 aromatic heterocycles. The number of hydrogen-bond donors (Lipinski definition) is 1. The molecule has 6 nitrogen and oxygen atoms in total. The molecule has 0 bridgehead atoms. The van der Waals surface area contributed by atoms with Crippen molar-refractivity contribution in [1.82, 2.24) is 25.0 Å². The zero-order valence-electron chi connectivity index (χ0n) is 17.6. The summed E-state index contributed by atoms with van der Waals surface area (Å²) in [6, 6.07) is 16.2. The number of rotatable bonds is 6. The minimum absolute atomic E-state index is 0.0826. The Labute approximate surface area is 180 Å². The summed E-state index contributed by atoms with van der Waals surface area (Å²) < 4.78 is 1.74. The molecule has 1 unspecified atom stereocenters. The Morgan fingerprint density at radius 1 is 1.20 bits per heavy atom. The van der Waals surface area contributed by atoms with Crippen LogP contribution >= 0.6 is 11.3 Å². The van der Waals surface area contributed by atoms with E-state index in [1.807, 2.05) is 69.8 Å². The number of carbonyl (C=O) groups excluding carboxylic acids is 1. The van der Waals surface area contributed by atoms with Crippen LogP contribution < -0.4 is 5.32 Å². The van der Waals surface area contributed by atoms with E-state index in [0.717, 1.165) is 27.3 Å². The van der Waals surface area contributed by atoms with Crippen molar-refractivity contribution in [2.45, 2.75) is 13.0 Å². The normalized spacial score (nSPS) is 12.4. The number of likely N-dealkylation sites (N-methyl/N-ethyl adjacent to an activating group) is 1. The number of aromatic nitrogens is 3. The summed E-state index contributed by atoms with van der Waals surface area (Å²) in [6.07, 6.45) is 0. The molecular weight excluding hydrogens is 394 g/mol. The van der Waals surface area contributed by atoms with Crippen LogP contribution in [0.3, 0.4) is 0 Å². The first-order valence-corrected chi connectivity index (χ1v) is 10.7. The van der Waals surface area contributed by atoms with Gasteiger partial charge in [0.15, 0.2) is 5.65 Å². The van der Waals surface area contributed by atoms with Gasteiger partial charge in [0, 0.05) is 13.6 Å². The fourth-order valence-electron chi connectivity index (χ4n) is 3.73. The summed E-state index contributed by atoms with van der Waals surface area (Å²) in [7, 11) is 5.91. The van der Waals surface area contributed by atoms with Gasteiger partial charge in [-0.25, -0.2) is 4.98 Å². The van der Waals surface area contributed by atoms with Crippen LogP contribution in [0, 0.1) is 6.92 Å². The summed E-state index contributed by atoms with van der Waals surface area (Å²) in [5.74, 6) is -0.112. The van der Waals surface area contributed by atoms with Gasteiger partial charge in [0.05, 0.1) is 33.3 Å². The molecule has 0 saturated heterocycles. The van der Waals surface area contributed by atoms with Gasteiger partial charge in [0.25, 0.3) is 5.91 Å². The quantitative estimate of drug-likeness (QED) is 0.512. The van der Waals surface area contributed by atoms with Gasteiger partial charge in [-0.2, -0.15) is 5.10 Å². The van der Waals surface area contributed by atoms with E-state index in [0.29, 0.717) is 12.1 Å². The first-order valence-electron chi connectivity index (χ1n) is 9.83. The molecule has 0 aliphatic carbocycles. The van der Waals surface area contributed by atoms with Crippen molar-refractivity contribution >= 4 is 28.3 Å². The number of amides is 1. The lowest BCUT2D eigenvalue weighted by atomic mass is 10.0. The van der Waals surface area contributed by atoms with Crippen LogP contribution in [0.2, 0.25) is 0 Å². The topological polar surface area (TPSA) is 63.1 Å². The van der Waals surface area contributed by atoms with Crippen LogP contribution in [0.1, 0.15) is 27.7 Å². The number of carbonyl (C=O) groups is 1. The minimum atomic E-state index is -0.112. The third-order valence-electron chi connectivity index (χ3n) is 5.25. The molecule has 7 heteroatoms. The maximum absolute atomic E-state index is 13.3. The zero-order valence-corrected chi connectivity index (χ0v) is 18.4. The molecule has 0 spiro atoms. The molecule has 0 aliphatic rings. The van der Waals surface area contributed by atoms with Crippen molar-refractivity contribution in [2.75, 3.05) is 20.6 Å². The van der Waals surface area contributed by atoms with Crippen LogP contribution in [-0.2, 0) is 7.05 Å². The van der Waals surface area contributed by atoms with Crippen LogP contribution in [0.4, 0.5) is 0 Å². The molecule has 0 saturated carbocycles. The third-order valence-corrected chi connectivity index (χ3v) is 6.14. The second-order valence-corrected chi connectivity index (χ2v) is 8.49. The monoisotopic (exact) mass is 419 g/mol. The average molecular weight is 420 g/mol. The first kappa shape index (κ1) is 20.3. The standard InChI is InChI=1S/C23H25N5OS/c1-15-21-17(13-18(20-11-8-12-30-20)25-22(21)28(4)26-15)23(29)24-14-19(27(2)3)16-9-6-5-7-10-16/h5-13,19H,14H2,1-4H3,(H,24,29). The largest absolute Gasteiger partial charge is 0.350 e. The molecule has 4 rings (SSSR count). The summed E-state index contributed by atoms with van der Waals surface area (Å²) in [6.45, 7) is 2.42. The SMILES string of the molecule is Cc1nn(C)c2nc(-c3cccs3)cc(C(=O)NCC(c3ccccc3)N(C)C)c12. The first-order chi connectivity index (χ1) is 14.5. The number of aryl methyl sites for hydroxylation is 2. The molecule has 0 fully saturated rings. The van der Waals surface area contributed by atoms with Crippen LogP contribution in [0.5, 0.6) is 0 Å². The highest BCUT2D eigenvalue weighted by Crippen LogP contribution is 2.29. The number of thiophene rings is 1. The van der Waals surface area contributed by atoms with Gasteiger partial charge in [-0.15, -0.1) is 11.3 Å². The van der Waals surface area contributed by atoms with Crippen molar-refractivity contribution in [3.63, 3.8) is 0 Å². The number of pyridine rings is 1.